The first-order chi connectivity index (χ1) is 14.0. The first-order valence-electron chi connectivity index (χ1n) is 9.00. The number of alkyl halides is 3. The second-order valence-electron chi connectivity index (χ2n) is 6.30. The lowest BCUT2D eigenvalue weighted by molar-refractivity contribution is -0.137. The van der Waals surface area contributed by atoms with E-state index in [1.54, 1.807) is 18.1 Å². The van der Waals surface area contributed by atoms with E-state index in [2.05, 4.69) is 25.7 Å². The van der Waals surface area contributed by atoms with Crippen LogP contribution >= 0.6 is 0 Å². The zero-order chi connectivity index (χ0) is 20.7. The summed E-state index contributed by atoms with van der Waals surface area (Å²) in [7, 11) is 1.67. The quantitative estimate of drug-likeness (QED) is 0.491. The van der Waals surface area contributed by atoms with Gasteiger partial charge in [0.15, 0.2) is 5.96 Å². The van der Waals surface area contributed by atoms with E-state index >= 15 is 0 Å². The molecule has 3 aromatic rings. The van der Waals surface area contributed by atoms with Crippen LogP contribution in [0.4, 0.5) is 13.2 Å². The largest absolute Gasteiger partial charge is 0.416 e. The van der Waals surface area contributed by atoms with Crippen LogP contribution < -0.4 is 10.6 Å². The molecule has 0 amide bonds. The van der Waals surface area contributed by atoms with Crippen LogP contribution in [0.25, 0.3) is 5.69 Å². The van der Waals surface area contributed by atoms with Crippen LogP contribution in [0.15, 0.2) is 66.2 Å². The molecule has 2 aromatic carbocycles. The van der Waals surface area contributed by atoms with Gasteiger partial charge in [-0.2, -0.15) is 18.3 Å². The molecule has 0 atom stereocenters. The summed E-state index contributed by atoms with van der Waals surface area (Å²) in [5.74, 6) is 0.622. The van der Waals surface area contributed by atoms with Crippen LogP contribution in [0.1, 0.15) is 16.7 Å². The number of nitrogens with zero attached hydrogens (tertiary/aromatic N) is 4. The summed E-state index contributed by atoms with van der Waals surface area (Å²) in [6.07, 6.45) is -0.604. The van der Waals surface area contributed by atoms with Crippen molar-refractivity contribution >= 4 is 5.96 Å². The van der Waals surface area contributed by atoms with Crippen LogP contribution in [-0.2, 0) is 19.1 Å². The van der Waals surface area contributed by atoms with Gasteiger partial charge < -0.3 is 10.6 Å². The predicted molar refractivity (Wildman–Crippen MR) is 105 cm³/mol. The normalized spacial score (nSPS) is 12.1. The fourth-order valence-corrected chi connectivity index (χ4v) is 2.70. The lowest BCUT2D eigenvalue weighted by Gasteiger charge is -2.13. The summed E-state index contributed by atoms with van der Waals surface area (Å²) in [6, 6.07) is 13.1. The van der Waals surface area contributed by atoms with Gasteiger partial charge in [0.25, 0.3) is 0 Å². The Bertz CT molecular complexity index is 916. The maximum atomic E-state index is 12.6. The fraction of sp³-hybridized carbons (Fsp3) is 0.250. The van der Waals surface area contributed by atoms with E-state index in [-0.39, 0.29) is 0 Å². The number of aromatic nitrogens is 3. The molecule has 0 radical (unpaired) electrons. The minimum atomic E-state index is -4.31. The third kappa shape index (κ3) is 5.81. The van der Waals surface area contributed by atoms with Crippen molar-refractivity contribution < 1.29 is 13.2 Å². The van der Waals surface area contributed by atoms with E-state index in [0.29, 0.717) is 25.5 Å². The zero-order valence-electron chi connectivity index (χ0n) is 15.8. The number of hydrogen-bond donors (Lipinski definition) is 2. The van der Waals surface area contributed by atoms with Gasteiger partial charge in [-0.3, -0.25) is 4.99 Å². The van der Waals surface area contributed by atoms with E-state index in [9.17, 15) is 13.2 Å². The van der Waals surface area contributed by atoms with E-state index in [1.807, 2.05) is 24.3 Å². The van der Waals surface area contributed by atoms with Gasteiger partial charge in [0.05, 0.1) is 11.3 Å². The maximum Gasteiger partial charge on any atom is 0.416 e. The molecule has 0 aliphatic rings. The molecule has 0 aliphatic heterocycles. The highest BCUT2D eigenvalue weighted by molar-refractivity contribution is 5.79. The average molecular weight is 402 g/mol. The average Bonchev–Trinajstić information content (AvgIpc) is 3.25. The predicted octanol–water partition coefficient (Wildman–Crippen LogP) is 3.19. The van der Waals surface area contributed by atoms with Crippen molar-refractivity contribution in [3.8, 4) is 5.69 Å². The summed E-state index contributed by atoms with van der Waals surface area (Å²) in [4.78, 5) is 8.08. The molecule has 3 rings (SSSR count). The number of aliphatic imine (C=N–C) groups is 1. The van der Waals surface area contributed by atoms with E-state index in [1.165, 1.54) is 18.5 Å². The summed E-state index contributed by atoms with van der Waals surface area (Å²) in [5.41, 5.74) is 2.18. The van der Waals surface area contributed by atoms with Gasteiger partial charge in [-0.05, 0) is 41.8 Å². The van der Waals surface area contributed by atoms with Gasteiger partial charge in [0, 0.05) is 20.1 Å². The van der Waals surface area contributed by atoms with Gasteiger partial charge in [0.2, 0.25) is 0 Å². The molecule has 2 N–H and O–H groups in total. The molecular weight excluding hydrogens is 381 g/mol. The van der Waals surface area contributed by atoms with Crippen LogP contribution in [0, 0.1) is 0 Å². The van der Waals surface area contributed by atoms with Gasteiger partial charge in [-0.25, -0.2) is 9.67 Å². The minimum Gasteiger partial charge on any atom is -0.356 e. The molecule has 0 saturated carbocycles. The maximum absolute atomic E-state index is 12.6. The Balaban J connectivity index is 1.45. The van der Waals surface area contributed by atoms with E-state index < -0.39 is 11.7 Å². The van der Waals surface area contributed by atoms with E-state index in [4.69, 9.17) is 0 Å². The Morgan fingerprint density at radius 2 is 1.69 bits per heavy atom. The van der Waals surface area contributed by atoms with Crippen molar-refractivity contribution in [1.29, 1.82) is 0 Å². The fourth-order valence-electron chi connectivity index (χ4n) is 2.70. The van der Waals surface area contributed by atoms with Crippen molar-refractivity contribution in [2.24, 2.45) is 4.99 Å². The molecule has 0 saturated heterocycles. The highest BCUT2D eigenvalue weighted by Crippen LogP contribution is 2.29. The summed E-state index contributed by atoms with van der Waals surface area (Å²) in [5, 5.41) is 10.5. The van der Waals surface area contributed by atoms with Crippen LogP contribution in [0.5, 0.6) is 0 Å². The number of hydrogen-bond acceptors (Lipinski definition) is 3. The summed E-state index contributed by atoms with van der Waals surface area (Å²) >= 11 is 0. The number of benzene rings is 2. The van der Waals surface area contributed by atoms with Crippen molar-refractivity contribution in [1.82, 2.24) is 25.4 Å². The molecular formula is C20H21F3N6. The van der Waals surface area contributed by atoms with Gasteiger partial charge in [0.1, 0.15) is 12.7 Å². The van der Waals surface area contributed by atoms with Gasteiger partial charge in [-0.15, -0.1) is 0 Å². The number of halogens is 3. The molecule has 0 unspecified atom stereocenters. The summed E-state index contributed by atoms with van der Waals surface area (Å²) < 4.78 is 39.5. The lowest BCUT2D eigenvalue weighted by atomic mass is 10.1. The Morgan fingerprint density at radius 1 is 1.00 bits per heavy atom. The zero-order valence-corrected chi connectivity index (χ0v) is 15.8. The van der Waals surface area contributed by atoms with Crippen LogP contribution in [0.2, 0.25) is 0 Å². The molecule has 1 aromatic heterocycles. The Hall–Kier alpha value is -3.36. The molecule has 6 nitrogen and oxygen atoms in total. The molecule has 1 heterocycles. The molecule has 0 bridgehead atoms. The standard InChI is InChI=1S/C20H21F3N6/c1-24-19(26-11-10-15-2-6-17(7-3-15)20(21,22)23)27-12-16-4-8-18(9-5-16)29-14-25-13-28-29/h2-9,13-14H,10-12H2,1H3,(H2,24,26,27). The second-order valence-corrected chi connectivity index (χ2v) is 6.30. The number of guanidine groups is 1. The molecule has 0 fully saturated rings. The highest BCUT2D eigenvalue weighted by Gasteiger charge is 2.29. The molecule has 152 valence electrons. The number of rotatable bonds is 6. The Morgan fingerprint density at radius 3 is 2.28 bits per heavy atom. The van der Waals surface area contributed by atoms with E-state index in [0.717, 1.165) is 28.9 Å². The lowest BCUT2D eigenvalue weighted by Crippen LogP contribution is -2.37. The SMILES string of the molecule is CN=C(NCCc1ccc(C(F)(F)F)cc1)NCc1ccc(-n2cncn2)cc1. The second kappa shape index (κ2) is 9.22. The van der Waals surface area contributed by atoms with Crippen molar-refractivity contribution in [2.45, 2.75) is 19.1 Å². The van der Waals surface area contributed by atoms with Crippen molar-refractivity contribution in [2.75, 3.05) is 13.6 Å². The summed E-state index contributed by atoms with van der Waals surface area (Å²) in [6.45, 7) is 1.13. The van der Waals surface area contributed by atoms with Crippen LogP contribution in [0.3, 0.4) is 0 Å². The van der Waals surface area contributed by atoms with Gasteiger partial charge >= 0.3 is 6.18 Å². The highest BCUT2D eigenvalue weighted by atomic mass is 19.4. The van der Waals surface area contributed by atoms with Crippen molar-refractivity contribution in [3.05, 3.63) is 77.9 Å². The topological polar surface area (TPSA) is 67.1 Å². The monoisotopic (exact) mass is 402 g/mol. The molecule has 0 spiro atoms. The first-order valence-corrected chi connectivity index (χ1v) is 9.00. The molecule has 0 aliphatic carbocycles. The third-order valence-electron chi connectivity index (χ3n) is 4.29. The molecule has 29 heavy (non-hydrogen) atoms. The minimum absolute atomic E-state index is 0.552. The molecule has 9 heteroatoms. The van der Waals surface area contributed by atoms with Gasteiger partial charge in [-0.1, -0.05) is 24.3 Å². The Kier molecular flexibility index (Phi) is 6.48. The Labute approximate surface area is 166 Å². The van der Waals surface area contributed by atoms with Crippen molar-refractivity contribution in [3.63, 3.8) is 0 Å². The first kappa shape index (κ1) is 20.4. The number of nitrogens with one attached hydrogen (secondary N) is 2. The third-order valence-corrected chi connectivity index (χ3v) is 4.29. The van der Waals surface area contributed by atoms with Crippen LogP contribution in [-0.4, -0.2) is 34.3 Å². The smallest absolute Gasteiger partial charge is 0.356 e.